The van der Waals surface area contributed by atoms with Crippen LogP contribution in [0.5, 0.6) is 0 Å². The predicted molar refractivity (Wildman–Crippen MR) is 45.2 cm³/mol. The Balaban J connectivity index is 0. The molecule has 0 aromatic carbocycles. The third-order valence-corrected chi connectivity index (χ3v) is 0.716. The van der Waals surface area contributed by atoms with Crippen molar-refractivity contribution in [2.45, 2.75) is 32.8 Å². The summed E-state index contributed by atoms with van der Waals surface area (Å²) < 4.78 is 4.73. The number of carboxylic acids is 1. The van der Waals surface area contributed by atoms with Gasteiger partial charge in [-0.05, 0) is 20.8 Å². The van der Waals surface area contributed by atoms with Crippen LogP contribution in [0.4, 0.5) is 0 Å². The molecule has 0 saturated heterocycles. The van der Waals surface area contributed by atoms with Gasteiger partial charge >= 0.3 is 30.8 Å². The van der Waals surface area contributed by atoms with Gasteiger partial charge in [-0.3, -0.25) is 9.59 Å². The second-order valence-electron chi connectivity index (χ2n) is 3.16. The van der Waals surface area contributed by atoms with Crippen LogP contribution in [0, 0.1) is 0 Å². The number of carbonyl (C=O) groups excluding carboxylic acids is 1. The molecular weight excluding hydrogens is 155 g/mol. The summed E-state index contributed by atoms with van der Waals surface area (Å²) in [6.45, 7) is 5.06. The Morgan fingerprint density at radius 2 is 1.75 bits per heavy atom. The van der Waals surface area contributed by atoms with Crippen molar-refractivity contribution in [3.63, 3.8) is 0 Å². The van der Waals surface area contributed by atoms with Crippen molar-refractivity contribution in [3.05, 3.63) is 0 Å². The molecule has 0 rings (SSSR count). The molecule has 0 heterocycles. The van der Waals surface area contributed by atoms with Gasteiger partial charge in [0.15, 0.2) is 0 Å². The predicted octanol–water partition coefficient (Wildman–Crippen LogP) is 0.154. The van der Waals surface area contributed by atoms with E-state index in [-0.39, 0.29) is 18.9 Å². The molecule has 0 radical (unpaired) electrons. The molecule has 0 bridgehead atoms. The van der Waals surface area contributed by atoms with Crippen LogP contribution in [0.3, 0.4) is 0 Å². The van der Waals surface area contributed by atoms with Crippen molar-refractivity contribution >= 4 is 30.8 Å². The fourth-order valence-electron chi connectivity index (χ4n) is 0.501. The van der Waals surface area contributed by atoms with E-state index in [0.29, 0.717) is 0 Å². The number of hydrogen-bond donors (Lipinski definition) is 1. The van der Waals surface area contributed by atoms with E-state index >= 15 is 0 Å². The third-order valence-electron chi connectivity index (χ3n) is 0.716. The summed E-state index contributed by atoms with van der Waals surface area (Å²) >= 11 is 0. The van der Waals surface area contributed by atoms with Crippen molar-refractivity contribution in [1.29, 1.82) is 0 Å². The molecule has 0 amide bonds. The molecule has 4 nitrogen and oxygen atoms in total. The van der Waals surface area contributed by atoms with E-state index in [1.54, 1.807) is 20.8 Å². The van der Waals surface area contributed by atoms with Crippen LogP contribution in [0.1, 0.15) is 27.2 Å². The Bertz CT molecular complexity index is 171. The van der Waals surface area contributed by atoms with Crippen LogP contribution in [0.2, 0.25) is 0 Å². The second-order valence-corrected chi connectivity index (χ2v) is 3.16. The van der Waals surface area contributed by atoms with Gasteiger partial charge < -0.3 is 9.84 Å². The van der Waals surface area contributed by atoms with Gasteiger partial charge in [0.2, 0.25) is 0 Å². The van der Waals surface area contributed by atoms with Crippen molar-refractivity contribution in [1.82, 2.24) is 0 Å². The van der Waals surface area contributed by atoms with Gasteiger partial charge in [0.1, 0.15) is 12.0 Å². The maximum absolute atomic E-state index is 10.7. The van der Waals surface area contributed by atoms with Gasteiger partial charge in [0, 0.05) is 0 Å². The first-order valence-electron chi connectivity index (χ1n) is 3.25. The summed E-state index contributed by atoms with van der Waals surface area (Å²) in [4.78, 5) is 20.7. The van der Waals surface area contributed by atoms with Crippen LogP contribution in [-0.4, -0.2) is 41.5 Å². The maximum atomic E-state index is 10.7. The third kappa shape index (κ3) is 9.54. The van der Waals surface area contributed by atoms with Gasteiger partial charge in [-0.25, -0.2) is 0 Å². The Hall–Kier alpha value is -0.463. The van der Waals surface area contributed by atoms with Crippen molar-refractivity contribution in [2.24, 2.45) is 0 Å². The summed E-state index contributed by atoms with van der Waals surface area (Å²) in [6.07, 6.45) is -0.572. The quantitative estimate of drug-likeness (QED) is 0.362. The van der Waals surface area contributed by atoms with E-state index in [1.165, 1.54) is 0 Å². The minimum absolute atomic E-state index is 0. The van der Waals surface area contributed by atoms with Gasteiger partial charge in [-0.1, -0.05) is 0 Å². The summed E-state index contributed by atoms with van der Waals surface area (Å²) in [5.41, 5.74) is -0.605. The molecule has 66 valence electrons. The molecule has 0 aliphatic heterocycles. The Morgan fingerprint density at radius 1 is 1.33 bits per heavy atom. The Kier molecular flexibility index (Phi) is 6.14. The number of rotatable bonds is 2. The van der Waals surface area contributed by atoms with Gasteiger partial charge in [0.05, 0.1) is 0 Å². The number of hydrogen-bond acceptors (Lipinski definition) is 3. The molecule has 12 heavy (non-hydrogen) atoms. The summed E-state index contributed by atoms with van der Waals surface area (Å²) in [5.74, 6) is -1.87. The van der Waals surface area contributed by atoms with E-state index in [0.717, 1.165) is 0 Å². The Morgan fingerprint density at radius 3 is 2.00 bits per heavy atom. The average molecular weight is 168 g/mol. The van der Waals surface area contributed by atoms with Gasteiger partial charge in [-0.15, -0.1) is 0 Å². The van der Waals surface area contributed by atoms with Crippen molar-refractivity contribution in [2.75, 3.05) is 0 Å². The molecule has 0 aromatic heterocycles. The molecule has 0 fully saturated rings. The number of carbonyl (C=O) groups is 2. The number of ether oxygens (including phenoxy) is 1. The SMILES string of the molecule is CC(C)(C)OC(=O)CC(=O)O.[LiH]. The van der Waals surface area contributed by atoms with Crippen LogP contribution in [-0.2, 0) is 14.3 Å². The minimum atomic E-state index is -1.17. The fraction of sp³-hybridized carbons (Fsp3) is 0.714. The van der Waals surface area contributed by atoms with Crippen molar-refractivity contribution in [3.8, 4) is 0 Å². The molecule has 0 aliphatic rings. The Labute approximate surface area is 83.5 Å². The number of aliphatic carboxylic acids is 1. The average Bonchev–Trinajstić information content (AvgIpc) is 1.53. The molecule has 1 N–H and O–H groups in total. The number of carboxylic acid groups (broad SMARTS) is 1. The van der Waals surface area contributed by atoms with Gasteiger partial charge in [0.25, 0.3) is 0 Å². The molecule has 0 spiro atoms. The summed E-state index contributed by atoms with van der Waals surface area (Å²) in [6, 6.07) is 0. The molecule has 0 unspecified atom stereocenters. The number of esters is 1. The molecule has 0 saturated carbocycles. The van der Waals surface area contributed by atoms with E-state index in [9.17, 15) is 9.59 Å². The second kappa shape index (κ2) is 5.23. The molecule has 0 aliphatic carbocycles. The molecular formula is C7H13LiO4. The first-order chi connectivity index (χ1) is 4.81. The van der Waals surface area contributed by atoms with Crippen LogP contribution in [0.25, 0.3) is 0 Å². The standard InChI is InChI=1S/C7H12O4.Li.H/c1-7(2,3)11-6(10)4-5(8)9;;/h4H2,1-3H3,(H,8,9);;. The zero-order valence-corrected chi connectivity index (χ0v) is 6.88. The topological polar surface area (TPSA) is 63.6 Å². The summed E-state index contributed by atoms with van der Waals surface area (Å²) in [7, 11) is 0. The zero-order valence-electron chi connectivity index (χ0n) is 6.88. The monoisotopic (exact) mass is 168 g/mol. The van der Waals surface area contributed by atoms with E-state index < -0.39 is 24.0 Å². The van der Waals surface area contributed by atoms with Crippen LogP contribution >= 0.6 is 0 Å². The van der Waals surface area contributed by atoms with Crippen molar-refractivity contribution < 1.29 is 19.4 Å². The van der Waals surface area contributed by atoms with E-state index in [2.05, 4.69) is 0 Å². The fourth-order valence-corrected chi connectivity index (χ4v) is 0.501. The first kappa shape index (κ1) is 14.1. The van der Waals surface area contributed by atoms with Crippen LogP contribution in [0.15, 0.2) is 0 Å². The van der Waals surface area contributed by atoms with E-state index in [1.807, 2.05) is 0 Å². The first-order valence-corrected chi connectivity index (χ1v) is 3.25. The van der Waals surface area contributed by atoms with Gasteiger partial charge in [-0.2, -0.15) is 0 Å². The van der Waals surface area contributed by atoms with Crippen LogP contribution < -0.4 is 0 Å². The zero-order chi connectivity index (χ0) is 9.07. The normalized spacial score (nSPS) is 9.92. The molecule has 0 aromatic rings. The summed E-state index contributed by atoms with van der Waals surface area (Å²) in [5, 5.41) is 8.18. The van der Waals surface area contributed by atoms with E-state index in [4.69, 9.17) is 9.84 Å². The molecule has 0 atom stereocenters. The molecule has 5 heteroatoms.